The SMILES string of the molecule is CCCC(CC(=O)O)NC(=O)N(C)Cc1ccc(F)cc1. The van der Waals surface area contributed by atoms with Gasteiger partial charge in [0.05, 0.1) is 6.42 Å². The molecule has 0 bridgehead atoms. The van der Waals surface area contributed by atoms with E-state index in [0.717, 1.165) is 12.0 Å². The van der Waals surface area contributed by atoms with Gasteiger partial charge in [-0.2, -0.15) is 0 Å². The molecule has 2 N–H and O–H groups in total. The molecule has 0 aromatic heterocycles. The largest absolute Gasteiger partial charge is 0.481 e. The lowest BCUT2D eigenvalue weighted by molar-refractivity contribution is -0.137. The molecule has 0 saturated heterocycles. The van der Waals surface area contributed by atoms with Gasteiger partial charge in [0.2, 0.25) is 0 Å². The number of aliphatic carboxylic acids is 1. The molecule has 21 heavy (non-hydrogen) atoms. The van der Waals surface area contributed by atoms with E-state index < -0.39 is 5.97 Å². The minimum Gasteiger partial charge on any atom is -0.481 e. The quantitative estimate of drug-likeness (QED) is 0.812. The number of carbonyl (C=O) groups excluding carboxylic acids is 1. The van der Waals surface area contributed by atoms with Crippen molar-refractivity contribution in [2.75, 3.05) is 7.05 Å². The third-order valence-electron chi connectivity index (χ3n) is 3.07. The molecule has 0 aliphatic heterocycles. The van der Waals surface area contributed by atoms with Crippen LogP contribution in [0, 0.1) is 5.82 Å². The molecule has 2 amide bonds. The first-order valence-corrected chi connectivity index (χ1v) is 6.90. The van der Waals surface area contributed by atoms with Gasteiger partial charge in [0, 0.05) is 19.6 Å². The van der Waals surface area contributed by atoms with E-state index in [0.29, 0.717) is 13.0 Å². The van der Waals surface area contributed by atoms with Crippen molar-refractivity contribution in [3.8, 4) is 0 Å². The summed E-state index contributed by atoms with van der Waals surface area (Å²) in [6.45, 7) is 2.27. The van der Waals surface area contributed by atoms with Gasteiger partial charge in [0.1, 0.15) is 5.82 Å². The number of carboxylic acid groups (broad SMARTS) is 1. The molecule has 116 valence electrons. The molecule has 0 saturated carbocycles. The number of carboxylic acids is 1. The molecule has 1 aromatic rings. The Labute approximate surface area is 123 Å². The molecule has 1 aromatic carbocycles. The van der Waals surface area contributed by atoms with E-state index in [9.17, 15) is 14.0 Å². The number of benzene rings is 1. The van der Waals surface area contributed by atoms with Gasteiger partial charge in [0.15, 0.2) is 0 Å². The summed E-state index contributed by atoms with van der Waals surface area (Å²) in [5.74, 6) is -1.26. The molecular formula is C15H21FN2O3. The van der Waals surface area contributed by atoms with E-state index in [1.807, 2.05) is 6.92 Å². The Balaban J connectivity index is 2.55. The first-order chi connectivity index (χ1) is 9.92. The van der Waals surface area contributed by atoms with Crippen molar-refractivity contribution in [3.05, 3.63) is 35.6 Å². The van der Waals surface area contributed by atoms with Crippen molar-refractivity contribution in [3.63, 3.8) is 0 Å². The Morgan fingerprint density at radius 2 is 1.95 bits per heavy atom. The Bertz CT molecular complexity index is 476. The Morgan fingerprint density at radius 1 is 1.33 bits per heavy atom. The summed E-state index contributed by atoms with van der Waals surface area (Å²) in [7, 11) is 1.61. The van der Waals surface area contributed by atoms with Gasteiger partial charge >= 0.3 is 12.0 Å². The zero-order valence-electron chi connectivity index (χ0n) is 12.3. The molecule has 0 heterocycles. The smallest absolute Gasteiger partial charge is 0.317 e. The Hall–Kier alpha value is -2.11. The van der Waals surface area contributed by atoms with Crippen LogP contribution in [0.1, 0.15) is 31.7 Å². The Morgan fingerprint density at radius 3 is 2.48 bits per heavy atom. The van der Waals surface area contributed by atoms with Crippen LogP contribution in [0.3, 0.4) is 0 Å². The lowest BCUT2D eigenvalue weighted by Crippen LogP contribution is -2.43. The lowest BCUT2D eigenvalue weighted by Gasteiger charge is -2.22. The van der Waals surface area contributed by atoms with E-state index >= 15 is 0 Å². The monoisotopic (exact) mass is 296 g/mol. The highest BCUT2D eigenvalue weighted by atomic mass is 19.1. The molecule has 5 nitrogen and oxygen atoms in total. The standard InChI is InChI=1S/C15H21FN2O3/c1-3-4-13(9-14(19)20)17-15(21)18(2)10-11-5-7-12(16)8-6-11/h5-8,13H,3-4,9-10H2,1-2H3,(H,17,21)(H,19,20). The number of rotatable bonds is 7. The molecule has 0 aliphatic rings. The van der Waals surface area contributed by atoms with Crippen LogP contribution in [0.2, 0.25) is 0 Å². The number of amides is 2. The second-order valence-corrected chi connectivity index (χ2v) is 5.02. The van der Waals surface area contributed by atoms with Gasteiger partial charge < -0.3 is 15.3 Å². The van der Waals surface area contributed by atoms with Crippen LogP contribution in [0.15, 0.2) is 24.3 Å². The number of nitrogens with zero attached hydrogens (tertiary/aromatic N) is 1. The summed E-state index contributed by atoms with van der Waals surface area (Å²) < 4.78 is 12.8. The molecule has 1 unspecified atom stereocenters. The highest BCUT2D eigenvalue weighted by Crippen LogP contribution is 2.07. The maximum atomic E-state index is 12.8. The van der Waals surface area contributed by atoms with E-state index in [1.54, 1.807) is 19.2 Å². The topological polar surface area (TPSA) is 69.6 Å². The minimum absolute atomic E-state index is 0.0933. The minimum atomic E-state index is -0.935. The number of hydrogen-bond donors (Lipinski definition) is 2. The van der Waals surface area contributed by atoms with Gasteiger partial charge in [-0.1, -0.05) is 25.5 Å². The Kier molecular flexibility index (Phi) is 6.65. The van der Waals surface area contributed by atoms with Crippen LogP contribution in [0.5, 0.6) is 0 Å². The van der Waals surface area contributed by atoms with E-state index in [4.69, 9.17) is 5.11 Å². The van der Waals surface area contributed by atoms with Crippen molar-refractivity contribution in [1.82, 2.24) is 10.2 Å². The van der Waals surface area contributed by atoms with Crippen LogP contribution >= 0.6 is 0 Å². The number of halogens is 1. The molecule has 1 atom stereocenters. The van der Waals surface area contributed by atoms with E-state index in [1.165, 1.54) is 17.0 Å². The van der Waals surface area contributed by atoms with Crippen molar-refractivity contribution in [2.45, 2.75) is 38.8 Å². The summed E-state index contributed by atoms with van der Waals surface area (Å²) in [5, 5.41) is 11.5. The van der Waals surface area contributed by atoms with Crippen LogP contribution in [0.25, 0.3) is 0 Å². The average Bonchev–Trinajstić information content (AvgIpc) is 2.40. The van der Waals surface area contributed by atoms with Gasteiger partial charge in [0.25, 0.3) is 0 Å². The van der Waals surface area contributed by atoms with E-state index in [2.05, 4.69) is 5.32 Å². The lowest BCUT2D eigenvalue weighted by atomic mass is 10.1. The second kappa shape index (κ2) is 8.24. The maximum absolute atomic E-state index is 12.8. The van der Waals surface area contributed by atoms with Crippen LogP contribution in [0.4, 0.5) is 9.18 Å². The second-order valence-electron chi connectivity index (χ2n) is 5.02. The molecule has 1 rings (SSSR count). The van der Waals surface area contributed by atoms with Crippen molar-refractivity contribution in [2.24, 2.45) is 0 Å². The normalized spacial score (nSPS) is 11.8. The van der Waals surface area contributed by atoms with Crippen LogP contribution < -0.4 is 5.32 Å². The fourth-order valence-electron chi connectivity index (χ4n) is 2.00. The summed E-state index contributed by atoms with van der Waals surface area (Å²) in [4.78, 5) is 24.2. The fourth-order valence-corrected chi connectivity index (χ4v) is 2.00. The molecule has 6 heteroatoms. The number of carbonyl (C=O) groups is 2. The molecule has 0 radical (unpaired) electrons. The summed E-state index contributed by atoms with van der Waals surface area (Å²) >= 11 is 0. The number of nitrogens with one attached hydrogen (secondary N) is 1. The predicted molar refractivity (Wildman–Crippen MR) is 77.3 cm³/mol. The number of urea groups is 1. The highest BCUT2D eigenvalue weighted by Gasteiger charge is 2.17. The number of hydrogen-bond acceptors (Lipinski definition) is 2. The van der Waals surface area contributed by atoms with Crippen molar-refractivity contribution < 1.29 is 19.1 Å². The summed E-state index contributed by atoms with van der Waals surface area (Å²) in [5.41, 5.74) is 0.805. The summed E-state index contributed by atoms with van der Waals surface area (Å²) in [6.07, 6.45) is 1.31. The molecule has 0 fully saturated rings. The molecular weight excluding hydrogens is 275 g/mol. The van der Waals surface area contributed by atoms with Gasteiger partial charge in [-0.05, 0) is 24.1 Å². The van der Waals surface area contributed by atoms with Gasteiger partial charge in [-0.3, -0.25) is 4.79 Å². The highest BCUT2D eigenvalue weighted by molar-refractivity contribution is 5.75. The third kappa shape index (κ3) is 6.25. The van der Waals surface area contributed by atoms with Gasteiger partial charge in [-0.25, -0.2) is 9.18 Å². The first-order valence-electron chi connectivity index (χ1n) is 6.90. The summed E-state index contributed by atoms with van der Waals surface area (Å²) in [6, 6.07) is 5.19. The molecule has 0 spiro atoms. The van der Waals surface area contributed by atoms with Gasteiger partial charge in [-0.15, -0.1) is 0 Å². The third-order valence-corrected chi connectivity index (χ3v) is 3.07. The zero-order chi connectivity index (χ0) is 15.8. The maximum Gasteiger partial charge on any atom is 0.317 e. The zero-order valence-corrected chi connectivity index (χ0v) is 12.3. The molecule has 0 aliphatic carbocycles. The van der Waals surface area contributed by atoms with Crippen LogP contribution in [-0.2, 0) is 11.3 Å². The first kappa shape index (κ1) is 16.9. The van der Waals surface area contributed by atoms with E-state index in [-0.39, 0.29) is 24.3 Å². The van der Waals surface area contributed by atoms with Crippen LogP contribution in [-0.4, -0.2) is 35.1 Å². The predicted octanol–water partition coefficient (Wildman–Crippen LogP) is 2.61. The fraction of sp³-hybridized carbons (Fsp3) is 0.467. The van der Waals surface area contributed by atoms with Crippen molar-refractivity contribution >= 4 is 12.0 Å². The van der Waals surface area contributed by atoms with Crippen molar-refractivity contribution in [1.29, 1.82) is 0 Å². The average molecular weight is 296 g/mol.